The van der Waals surface area contributed by atoms with Crippen LogP contribution in [-0.4, -0.2) is 34.9 Å². The third kappa shape index (κ3) is 5.39. The average molecular weight is 356 g/mol. The number of benzene rings is 1. The van der Waals surface area contributed by atoms with E-state index in [4.69, 9.17) is 21.1 Å². The van der Waals surface area contributed by atoms with Gasteiger partial charge in [0.15, 0.2) is 6.04 Å². The van der Waals surface area contributed by atoms with E-state index in [0.29, 0.717) is 10.6 Å². The second kappa shape index (κ2) is 7.40. The maximum absolute atomic E-state index is 12.0. The summed E-state index contributed by atoms with van der Waals surface area (Å²) in [6, 6.07) is 5.54. The molecule has 0 heterocycles. The molecule has 0 aromatic heterocycles. The number of carboxylic acid groups (broad SMARTS) is 1. The van der Waals surface area contributed by atoms with Gasteiger partial charge in [-0.1, -0.05) is 29.8 Å². The first-order valence-corrected chi connectivity index (χ1v) is 8.17. The van der Waals surface area contributed by atoms with E-state index in [9.17, 15) is 14.7 Å². The molecule has 24 heavy (non-hydrogen) atoms. The van der Waals surface area contributed by atoms with Crippen molar-refractivity contribution < 1.29 is 24.2 Å². The SMILES string of the molecule is CC(C)(C)OC(=O)NC(C(=O)O)C(OC1CC1)c1ccccc1Cl. The quantitative estimate of drug-likeness (QED) is 0.815. The minimum Gasteiger partial charge on any atom is -0.480 e. The molecule has 6 nitrogen and oxygen atoms in total. The Morgan fingerprint density at radius 2 is 1.92 bits per heavy atom. The van der Waals surface area contributed by atoms with Gasteiger partial charge < -0.3 is 19.9 Å². The zero-order chi connectivity index (χ0) is 17.9. The summed E-state index contributed by atoms with van der Waals surface area (Å²) in [6.07, 6.45) is -0.00412. The van der Waals surface area contributed by atoms with E-state index in [1.807, 2.05) is 0 Å². The van der Waals surface area contributed by atoms with Gasteiger partial charge in [0.05, 0.1) is 6.10 Å². The summed E-state index contributed by atoms with van der Waals surface area (Å²) in [4.78, 5) is 23.7. The van der Waals surface area contributed by atoms with Crippen LogP contribution in [0, 0.1) is 0 Å². The first-order chi connectivity index (χ1) is 11.2. The van der Waals surface area contributed by atoms with Gasteiger partial charge in [0.2, 0.25) is 0 Å². The van der Waals surface area contributed by atoms with Gasteiger partial charge in [0, 0.05) is 10.6 Å². The van der Waals surface area contributed by atoms with E-state index in [1.165, 1.54) is 0 Å². The first kappa shape index (κ1) is 18.5. The number of carboxylic acids is 1. The van der Waals surface area contributed by atoms with E-state index in [-0.39, 0.29) is 6.10 Å². The second-order valence-corrected chi connectivity index (χ2v) is 7.15. The van der Waals surface area contributed by atoms with Crippen molar-refractivity contribution in [1.82, 2.24) is 5.32 Å². The summed E-state index contributed by atoms with van der Waals surface area (Å²) >= 11 is 6.20. The van der Waals surface area contributed by atoms with Crippen molar-refractivity contribution in [3.8, 4) is 0 Å². The fraction of sp³-hybridized carbons (Fsp3) is 0.529. The molecule has 0 saturated heterocycles. The number of ether oxygens (including phenoxy) is 2. The lowest BCUT2D eigenvalue weighted by atomic mass is 10.0. The van der Waals surface area contributed by atoms with Gasteiger partial charge in [-0.25, -0.2) is 9.59 Å². The molecule has 1 aliphatic carbocycles. The molecule has 2 N–H and O–H groups in total. The fourth-order valence-electron chi connectivity index (χ4n) is 2.15. The molecule has 1 aromatic carbocycles. The molecule has 2 unspecified atom stereocenters. The third-order valence-corrected chi connectivity index (χ3v) is 3.66. The monoisotopic (exact) mass is 355 g/mol. The Bertz CT molecular complexity index is 609. The molecule has 1 aromatic rings. The molecule has 1 fully saturated rings. The van der Waals surface area contributed by atoms with Gasteiger partial charge in [-0.15, -0.1) is 0 Å². The molecule has 1 saturated carbocycles. The van der Waals surface area contributed by atoms with E-state index >= 15 is 0 Å². The fourth-order valence-corrected chi connectivity index (χ4v) is 2.39. The number of nitrogens with one attached hydrogen (secondary N) is 1. The molecular formula is C17H22ClNO5. The van der Waals surface area contributed by atoms with E-state index in [2.05, 4.69) is 5.32 Å². The third-order valence-electron chi connectivity index (χ3n) is 3.32. The number of alkyl carbamates (subject to hydrolysis) is 1. The first-order valence-electron chi connectivity index (χ1n) is 7.79. The van der Waals surface area contributed by atoms with Crippen LogP contribution in [0.25, 0.3) is 0 Å². The summed E-state index contributed by atoms with van der Waals surface area (Å²) in [5.41, 5.74) is -0.209. The van der Waals surface area contributed by atoms with E-state index in [0.717, 1.165) is 12.8 Å². The molecule has 0 radical (unpaired) electrons. The zero-order valence-electron chi connectivity index (χ0n) is 13.9. The Kier molecular flexibility index (Phi) is 5.72. The van der Waals surface area contributed by atoms with Gasteiger partial charge >= 0.3 is 12.1 Å². The second-order valence-electron chi connectivity index (χ2n) is 6.74. The van der Waals surface area contributed by atoms with Crippen LogP contribution < -0.4 is 5.32 Å². The summed E-state index contributed by atoms with van der Waals surface area (Å²) < 4.78 is 11.0. The normalized spacial score (nSPS) is 17.0. The molecular weight excluding hydrogens is 334 g/mol. The van der Waals surface area contributed by atoms with Gasteiger partial charge in [0.1, 0.15) is 11.7 Å². The zero-order valence-corrected chi connectivity index (χ0v) is 14.7. The molecule has 2 atom stereocenters. The van der Waals surface area contributed by atoms with Crippen LogP contribution in [0.1, 0.15) is 45.3 Å². The summed E-state index contributed by atoms with van der Waals surface area (Å²) in [5.74, 6) is -1.22. The van der Waals surface area contributed by atoms with Crippen LogP contribution in [0.3, 0.4) is 0 Å². The maximum Gasteiger partial charge on any atom is 0.408 e. The Morgan fingerprint density at radius 3 is 2.42 bits per heavy atom. The minimum atomic E-state index is -1.31. The van der Waals surface area contributed by atoms with Crippen LogP contribution >= 0.6 is 11.6 Å². The van der Waals surface area contributed by atoms with Gasteiger partial charge in [-0.3, -0.25) is 0 Å². The molecule has 1 amide bonds. The Hall–Kier alpha value is -1.79. The van der Waals surface area contributed by atoms with Crippen LogP contribution in [-0.2, 0) is 14.3 Å². The number of aliphatic carboxylic acids is 1. The summed E-state index contributed by atoms with van der Waals surface area (Å²) in [5, 5.41) is 12.4. The Balaban J connectivity index is 2.24. The maximum atomic E-state index is 12.0. The standard InChI is InChI=1S/C17H22ClNO5/c1-17(2,3)24-16(22)19-13(15(20)21)14(23-10-8-9-10)11-6-4-5-7-12(11)18/h4-7,10,13-14H,8-9H2,1-3H3,(H,19,22)(H,20,21). The number of halogens is 1. The predicted octanol–water partition coefficient (Wildman–Crippen LogP) is 3.54. The molecule has 0 spiro atoms. The Morgan fingerprint density at radius 1 is 1.29 bits per heavy atom. The highest BCUT2D eigenvalue weighted by Gasteiger charge is 2.38. The highest BCUT2D eigenvalue weighted by atomic mass is 35.5. The van der Waals surface area contributed by atoms with Crippen LogP contribution in [0.15, 0.2) is 24.3 Å². The number of carbonyl (C=O) groups is 2. The van der Waals surface area contributed by atoms with E-state index < -0.39 is 29.8 Å². The van der Waals surface area contributed by atoms with E-state index in [1.54, 1.807) is 45.0 Å². The average Bonchev–Trinajstić information content (AvgIpc) is 3.25. The number of amides is 1. The predicted molar refractivity (Wildman–Crippen MR) is 89.1 cm³/mol. The van der Waals surface area contributed by atoms with Crippen molar-refractivity contribution in [2.75, 3.05) is 0 Å². The highest BCUT2D eigenvalue weighted by Crippen LogP contribution is 2.35. The number of rotatable bonds is 6. The summed E-state index contributed by atoms with van der Waals surface area (Å²) in [6.45, 7) is 5.11. The van der Waals surface area contributed by atoms with Crippen LogP contribution in [0.4, 0.5) is 4.79 Å². The van der Waals surface area contributed by atoms with Crippen LogP contribution in [0.5, 0.6) is 0 Å². The van der Waals surface area contributed by atoms with Gasteiger partial charge in [0.25, 0.3) is 0 Å². The lowest BCUT2D eigenvalue weighted by molar-refractivity contribution is -0.144. The molecule has 132 valence electrons. The van der Waals surface area contributed by atoms with Crippen LogP contribution in [0.2, 0.25) is 5.02 Å². The van der Waals surface area contributed by atoms with Crippen molar-refractivity contribution in [3.63, 3.8) is 0 Å². The Labute approximate surface area is 146 Å². The number of carbonyl (C=O) groups excluding carboxylic acids is 1. The smallest absolute Gasteiger partial charge is 0.408 e. The van der Waals surface area contributed by atoms with Gasteiger partial charge in [-0.05, 0) is 39.7 Å². The minimum absolute atomic E-state index is 0.0199. The lowest BCUT2D eigenvalue weighted by Crippen LogP contribution is -2.47. The van der Waals surface area contributed by atoms with Gasteiger partial charge in [-0.2, -0.15) is 0 Å². The number of hydrogen-bond acceptors (Lipinski definition) is 4. The molecule has 2 rings (SSSR count). The molecule has 0 aliphatic heterocycles. The summed E-state index contributed by atoms with van der Waals surface area (Å²) in [7, 11) is 0. The molecule has 7 heteroatoms. The molecule has 1 aliphatic rings. The topological polar surface area (TPSA) is 84.9 Å². The van der Waals surface area contributed by atoms with Crippen molar-refractivity contribution in [1.29, 1.82) is 0 Å². The number of hydrogen-bond donors (Lipinski definition) is 2. The molecule has 0 bridgehead atoms. The largest absolute Gasteiger partial charge is 0.480 e. The highest BCUT2D eigenvalue weighted by molar-refractivity contribution is 6.31. The lowest BCUT2D eigenvalue weighted by Gasteiger charge is -2.28. The van der Waals surface area contributed by atoms with Crippen molar-refractivity contribution >= 4 is 23.7 Å². The van der Waals surface area contributed by atoms with Crippen molar-refractivity contribution in [2.45, 2.75) is 57.5 Å². The van der Waals surface area contributed by atoms with Crippen molar-refractivity contribution in [2.24, 2.45) is 0 Å². The van der Waals surface area contributed by atoms with Crippen molar-refractivity contribution in [3.05, 3.63) is 34.9 Å².